The van der Waals surface area contributed by atoms with E-state index in [4.69, 9.17) is 16.9 Å². The van der Waals surface area contributed by atoms with Crippen LogP contribution in [-0.4, -0.2) is 12.5 Å². The van der Waals surface area contributed by atoms with Gasteiger partial charge in [-0.1, -0.05) is 48.0 Å². The summed E-state index contributed by atoms with van der Waals surface area (Å²) in [6.07, 6.45) is 0. The minimum absolute atomic E-state index is 0.0495. The highest BCUT2D eigenvalue weighted by Gasteiger charge is 2.16. The maximum atomic E-state index is 12.3. The van der Waals surface area contributed by atoms with E-state index in [-0.39, 0.29) is 18.5 Å². The number of hydrogen-bond donors (Lipinski definition) is 2. The van der Waals surface area contributed by atoms with Gasteiger partial charge in [0.2, 0.25) is 5.91 Å². The Kier molecular flexibility index (Phi) is 6.03. The smallest absolute Gasteiger partial charge is 0.238 e. The van der Waals surface area contributed by atoms with Crippen molar-refractivity contribution in [3.8, 4) is 6.07 Å². The summed E-state index contributed by atoms with van der Waals surface area (Å²) < 4.78 is 0. The van der Waals surface area contributed by atoms with Crippen LogP contribution in [0.1, 0.15) is 22.0 Å². The maximum Gasteiger partial charge on any atom is 0.238 e. The third-order valence-electron chi connectivity index (χ3n) is 3.80. The van der Waals surface area contributed by atoms with E-state index in [0.29, 0.717) is 16.3 Å². The van der Waals surface area contributed by atoms with Gasteiger partial charge in [0.15, 0.2) is 0 Å². The summed E-state index contributed by atoms with van der Waals surface area (Å²) in [6.45, 7) is 0.148. The molecule has 0 unspecified atom stereocenters. The zero-order valence-corrected chi connectivity index (χ0v) is 15.3. The molecule has 2 N–H and O–H groups in total. The summed E-state index contributed by atoms with van der Waals surface area (Å²) in [5.41, 5.74) is 2.04. The lowest BCUT2D eigenvalue weighted by Gasteiger charge is -2.18. The van der Waals surface area contributed by atoms with Crippen molar-refractivity contribution in [1.29, 1.82) is 5.26 Å². The molecule has 1 atom stereocenters. The number of nitrogens with one attached hydrogen (secondary N) is 2. The van der Waals surface area contributed by atoms with Crippen molar-refractivity contribution in [2.24, 2.45) is 0 Å². The predicted octanol–water partition coefficient (Wildman–Crippen LogP) is 4.59. The molecule has 4 nitrogen and oxygen atoms in total. The van der Waals surface area contributed by atoms with Gasteiger partial charge in [0, 0.05) is 10.6 Å². The van der Waals surface area contributed by atoms with Crippen molar-refractivity contribution in [2.45, 2.75) is 6.04 Å². The molecule has 130 valence electrons. The van der Waals surface area contributed by atoms with E-state index in [1.807, 2.05) is 53.9 Å². The number of carbonyl (C=O) groups is 1. The van der Waals surface area contributed by atoms with Crippen molar-refractivity contribution in [3.63, 3.8) is 0 Å². The van der Waals surface area contributed by atoms with Crippen LogP contribution in [0.15, 0.2) is 66.0 Å². The Labute approximate surface area is 161 Å². The average molecular weight is 382 g/mol. The second-order valence-electron chi connectivity index (χ2n) is 5.59. The largest absolute Gasteiger partial charge is 0.325 e. The molecule has 1 amide bonds. The van der Waals surface area contributed by atoms with E-state index in [1.165, 1.54) is 0 Å². The van der Waals surface area contributed by atoms with Crippen molar-refractivity contribution in [2.75, 3.05) is 11.9 Å². The zero-order valence-electron chi connectivity index (χ0n) is 13.8. The van der Waals surface area contributed by atoms with Gasteiger partial charge in [0.05, 0.1) is 23.2 Å². The van der Waals surface area contributed by atoms with Gasteiger partial charge >= 0.3 is 0 Å². The first-order chi connectivity index (χ1) is 12.7. The van der Waals surface area contributed by atoms with Gasteiger partial charge < -0.3 is 5.32 Å². The lowest BCUT2D eigenvalue weighted by Crippen LogP contribution is -2.31. The number of nitriles is 1. The van der Waals surface area contributed by atoms with E-state index < -0.39 is 0 Å². The summed E-state index contributed by atoms with van der Waals surface area (Å²) >= 11 is 7.65. The van der Waals surface area contributed by atoms with Crippen LogP contribution in [0.4, 0.5) is 5.69 Å². The van der Waals surface area contributed by atoms with E-state index >= 15 is 0 Å². The van der Waals surface area contributed by atoms with Crippen LogP contribution in [-0.2, 0) is 4.79 Å². The minimum atomic E-state index is -0.178. The Morgan fingerprint density at radius 1 is 1.15 bits per heavy atom. The number of thiophene rings is 1. The number of rotatable bonds is 6. The van der Waals surface area contributed by atoms with Gasteiger partial charge in [-0.3, -0.25) is 10.1 Å². The summed E-state index contributed by atoms with van der Waals surface area (Å²) in [5.74, 6) is -0.178. The molecule has 26 heavy (non-hydrogen) atoms. The van der Waals surface area contributed by atoms with Gasteiger partial charge in [0.25, 0.3) is 0 Å². The van der Waals surface area contributed by atoms with Crippen molar-refractivity contribution in [3.05, 3.63) is 87.1 Å². The maximum absolute atomic E-state index is 12.3. The lowest BCUT2D eigenvalue weighted by atomic mass is 10.1. The first-order valence-corrected chi connectivity index (χ1v) is 9.24. The molecule has 6 heteroatoms. The molecular weight excluding hydrogens is 366 g/mol. The second-order valence-corrected chi connectivity index (χ2v) is 6.98. The Morgan fingerprint density at radius 2 is 1.96 bits per heavy atom. The number of halogens is 1. The number of carbonyl (C=O) groups excluding carboxylic acids is 1. The molecule has 3 rings (SSSR count). The van der Waals surface area contributed by atoms with Crippen LogP contribution in [0.5, 0.6) is 0 Å². The van der Waals surface area contributed by atoms with Crippen LogP contribution >= 0.6 is 22.9 Å². The predicted molar refractivity (Wildman–Crippen MR) is 105 cm³/mol. The molecule has 2 aromatic carbocycles. The van der Waals surface area contributed by atoms with Crippen LogP contribution in [0, 0.1) is 11.3 Å². The fraction of sp³-hybridized carbons (Fsp3) is 0.100. The highest BCUT2D eigenvalue weighted by Crippen LogP contribution is 2.26. The number of anilines is 1. The lowest BCUT2D eigenvalue weighted by molar-refractivity contribution is -0.115. The average Bonchev–Trinajstić information content (AvgIpc) is 3.17. The summed E-state index contributed by atoms with van der Waals surface area (Å²) in [5, 5.41) is 17.3. The number of nitrogens with zero attached hydrogens (tertiary/aromatic N) is 1. The molecule has 0 spiro atoms. The van der Waals surface area contributed by atoms with Crippen molar-refractivity contribution >= 4 is 34.5 Å². The molecule has 0 aliphatic heterocycles. The molecule has 1 heterocycles. The summed E-state index contributed by atoms with van der Waals surface area (Å²) in [7, 11) is 0. The molecule has 0 fully saturated rings. The van der Waals surface area contributed by atoms with E-state index in [9.17, 15) is 4.79 Å². The molecule has 0 aliphatic carbocycles. The van der Waals surface area contributed by atoms with Gasteiger partial charge in [-0.15, -0.1) is 11.3 Å². The third-order valence-corrected chi connectivity index (χ3v) is 5.05. The second kappa shape index (κ2) is 8.63. The van der Waals surface area contributed by atoms with Gasteiger partial charge in [-0.25, -0.2) is 0 Å². The first-order valence-electron chi connectivity index (χ1n) is 7.98. The van der Waals surface area contributed by atoms with Crippen LogP contribution in [0.2, 0.25) is 5.02 Å². The van der Waals surface area contributed by atoms with E-state index in [1.54, 1.807) is 29.5 Å². The topological polar surface area (TPSA) is 64.9 Å². The zero-order chi connectivity index (χ0) is 18.4. The molecule has 1 aromatic heterocycles. The Morgan fingerprint density at radius 3 is 2.62 bits per heavy atom. The Bertz CT molecular complexity index is 920. The summed E-state index contributed by atoms with van der Waals surface area (Å²) in [4.78, 5) is 13.4. The van der Waals surface area contributed by atoms with Crippen LogP contribution in [0.3, 0.4) is 0 Å². The highest BCUT2D eigenvalue weighted by atomic mass is 35.5. The molecule has 0 radical (unpaired) electrons. The van der Waals surface area contributed by atoms with Gasteiger partial charge in [-0.05, 0) is 35.2 Å². The molecule has 0 saturated carbocycles. The first kappa shape index (κ1) is 18.2. The SMILES string of the molecule is N#Cc1ccc(NC(=O)CN[C@@H](c2ccccc2)c2cccs2)cc1Cl. The Balaban J connectivity index is 1.67. The fourth-order valence-corrected chi connectivity index (χ4v) is 3.62. The van der Waals surface area contributed by atoms with Gasteiger partial charge in [0.1, 0.15) is 6.07 Å². The standard InChI is InChI=1S/C20H16ClN3OS/c21-17-11-16(9-8-15(17)12-22)24-19(25)13-23-20(18-7-4-10-26-18)14-5-2-1-3-6-14/h1-11,20,23H,13H2,(H,24,25)/t20-/m0/s1. The van der Waals surface area contributed by atoms with Gasteiger partial charge in [-0.2, -0.15) is 5.26 Å². The van der Waals surface area contributed by atoms with E-state index in [0.717, 1.165) is 10.4 Å². The normalized spacial score (nSPS) is 11.5. The van der Waals surface area contributed by atoms with E-state index in [2.05, 4.69) is 10.6 Å². The van der Waals surface area contributed by atoms with Crippen molar-refractivity contribution < 1.29 is 4.79 Å². The minimum Gasteiger partial charge on any atom is -0.325 e. The molecular formula is C20H16ClN3OS. The highest BCUT2D eigenvalue weighted by molar-refractivity contribution is 7.10. The summed E-state index contributed by atoms with van der Waals surface area (Å²) in [6, 6.07) is 20.8. The van der Waals surface area contributed by atoms with Crippen LogP contribution < -0.4 is 10.6 Å². The third kappa shape index (κ3) is 4.50. The quantitative estimate of drug-likeness (QED) is 0.656. The Hall–Kier alpha value is -2.65. The number of hydrogen-bond acceptors (Lipinski definition) is 4. The molecule has 3 aromatic rings. The van der Waals surface area contributed by atoms with Crippen LogP contribution in [0.25, 0.3) is 0 Å². The molecule has 0 bridgehead atoms. The molecule has 0 aliphatic rings. The van der Waals surface area contributed by atoms with Crippen molar-refractivity contribution in [1.82, 2.24) is 5.32 Å². The number of amides is 1. The number of benzene rings is 2. The monoisotopic (exact) mass is 381 g/mol. The molecule has 0 saturated heterocycles. The fourth-order valence-electron chi connectivity index (χ4n) is 2.57.